The summed E-state index contributed by atoms with van der Waals surface area (Å²) in [5, 5.41) is 2.53. The molecule has 0 aromatic heterocycles. The summed E-state index contributed by atoms with van der Waals surface area (Å²) in [6, 6.07) is 62.8. The zero-order valence-corrected chi connectivity index (χ0v) is 22.7. The number of benzene rings is 7. The fraction of sp³-hybridized carbons (Fsp3) is 0. The highest BCUT2D eigenvalue weighted by Crippen LogP contribution is 2.37. The monoisotopic (exact) mass is 523 g/mol. The van der Waals surface area contributed by atoms with Gasteiger partial charge in [-0.1, -0.05) is 127 Å². The first-order valence-electron chi connectivity index (χ1n) is 14.0. The van der Waals surface area contributed by atoms with Crippen molar-refractivity contribution in [3.8, 4) is 33.4 Å². The minimum absolute atomic E-state index is 1.12. The van der Waals surface area contributed by atoms with Gasteiger partial charge in [0.05, 0.1) is 0 Å². The number of nitrogens with zero attached hydrogens (tertiary/aromatic N) is 1. The zero-order valence-electron chi connectivity index (χ0n) is 22.7. The van der Waals surface area contributed by atoms with Gasteiger partial charge in [0.15, 0.2) is 0 Å². The first kappa shape index (κ1) is 24.6. The van der Waals surface area contributed by atoms with Crippen LogP contribution in [0.3, 0.4) is 0 Å². The number of para-hydroxylation sites is 1. The number of anilines is 3. The molecule has 0 fully saturated rings. The molecule has 1 heteroatoms. The molecule has 0 aliphatic rings. The molecule has 0 N–H and O–H groups in total. The van der Waals surface area contributed by atoms with E-state index in [4.69, 9.17) is 0 Å². The van der Waals surface area contributed by atoms with Gasteiger partial charge in [-0.05, 0) is 92.7 Å². The normalized spacial score (nSPS) is 10.9. The van der Waals surface area contributed by atoms with Gasteiger partial charge in [0, 0.05) is 17.1 Å². The van der Waals surface area contributed by atoms with Crippen molar-refractivity contribution in [2.45, 2.75) is 0 Å². The lowest BCUT2D eigenvalue weighted by atomic mass is 9.97. The second-order valence-corrected chi connectivity index (χ2v) is 10.3. The number of hydrogen-bond donors (Lipinski definition) is 0. The minimum atomic E-state index is 1.12. The molecule has 0 spiro atoms. The summed E-state index contributed by atoms with van der Waals surface area (Å²) in [6.45, 7) is 0. The van der Waals surface area contributed by atoms with Crippen molar-refractivity contribution < 1.29 is 0 Å². The largest absolute Gasteiger partial charge is 0.311 e. The van der Waals surface area contributed by atoms with Gasteiger partial charge in [-0.25, -0.2) is 0 Å². The van der Waals surface area contributed by atoms with Crippen LogP contribution in [0.25, 0.3) is 44.2 Å². The Labute approximate surface area is 241 Å². The van der Waals surface area contributed by atoms with Crippen LogP contribution in [0.5, 0.6) is 0 Å². The lowest BCUT2D eigenvalue weighted by Gasteiger charge is -2.26. The molecular weight excluding hydrogens is 494 g/mol. The number of fused-ring (bicyclic) bond motifs is 1. The van der Waals surface area contributed by atoms with E-state index in [1.165, 1.54) is 44.2 Å². The minimum Gasteiger partial charge on any atom is -0.311 e. The third-order valence-corrected chi connectivity index (χ3v) is 7.65. The standard InChI is InChI=1S/C40H29N/c1-3-10-30(11-4-1)32-20-24-39(25-21-32)41(38-16-5-2-6-17-38)40-26-22-33(23-27-40)35-14-9-15-36(28-35)37-19-18-31-12-7-8-13-34(31)29-37/h1-29H. The van der Waals surface area contributed by atoms with E-state index in [9.17, 15) is 0 Å². The van der Waals surface area contributed by atoms with Crippen molar-refractivity contribution in [2.24, 2.45) is 0 Å². The van der Waals surface area contributed by atoms with Crippen molar-refractivity contribution in [3.05, 3.63) is 176 Å². The first-order valence-corrected chi connectivity index (χ1v) is 14.0. The Morgan fingerprint density at radius 2 is 0.659 bits per heavy atom. The van der Waals surface area contributed by atoms with Crippen LogP contribution in [0.1, 0.15) is 0 Å². The zero-order chi connectivity index (χ0) is 27.4. The molecule has 0 aliphatic heterocycles. The van der Waals surface area contributed by atoms with E-state index in [0.29, 0.717) is 0 Å². The summed E-state index contributed by atoms with van der Waals surface area (Å²) in [7, 11) is 0. The molecule has 0 heterocycles. The summed E-state index contributed by atoms with van der Waals surface area (Å²) in [4.78, 5) is 2.31. The van der Waals surface area contributed by atoms with Crippen molar-refractivity contribution in [2.75, 3.05) is 4.90 Å². The summed E-state index contributed by atoms with van der Waals surface area (Å²) < 4.78 is 0. The van der Waals surface area contributed by atoms with E-state index in [-0.39, 0.29) is 0 Å². The Morgan fingerprint density at radius 1 is 0.244 bits per heavy atom. The molecule has 194 valence electrons. The van der Waals surface area contributed by atoms with Crippen LogP contribution >= 0.6 is 0 Å². The summed E-state index contributed by atoms with van der Waals surface area (Å²) in [5.74, 6) is 0. The second kappa shape index (κ2) is 11.0. The van der Waals surface area contributed by atoms with Gasteiger partial charge in [-0.15, -0.1) is 0 Å². The Bertz CT molecular complexity index is 1910. The lowest BCUT2D eigenvalue weighted by molar-refractivity contribution is 1.28. The number of rotatable bonds is 6. The maximum absolute atomic E-state index is 2.31. The SMILES string of the molecule is c1ccc(-c2ccc(N(c3ccccc3)c3ccc(-c4cccc(-c5ccc6ccccc6c5)c4)cc3)cc2)cc1. The molecule has 0 saturated heterocycles. The van der Waals surface area contributed by atoms with Gasteiger partial charge in [0.1, 0.15) is 0 Å². The maximum Gasteiger partial charge on any atom is 0.0462 e. The van der Waals surface area contributed by atoms with Gasteiger partial charge >= 0.3 is 0 Å². The Balaban J connectivity index is 1.21. The molecule has 0 amide bonds. The summed E-state index contributed by atoms with van der Waals surface area (Å²) >= 11 is 0. The van der Waals surface area contributed by atoms with Gasteiger partial charge < -0.3 is 4.90 Å². The Hall–Kier alpha value is -5.40. The van der Waals surface area contributed by atoms with Crippen LogP contribution in [0, 0.1) is 0 Å². The van der Waals surface area contributed by atoms with Crippen LogP contribution < -0.4 is 4.90 Å². The summed E-state index contributed by atoms with van der Waals surface area (Å²) in [5.41, 5.74) is 10.7. The predicted molar refractivity (Wildman–Crippen MR) is 175 cm³/mol. The molecule has 1 nitrogen and oxygen atoms in total. The van der Waals surface area contributed by atoms with Gasteiger partial charge in [-0.3, -0.25) is 0 Å². The van der Waals surface area contributed by atoms with Crippen molar-refractivity contribution in [3.63, 3.8) is 0 Å². The van der Waals surface area contributed by atoms with Crippen molar-refractivity contribution in [1.82, 2.24) is 0 Å². The molecule has 0 unspecified atom stereocenters. The number of hydrogen-bond acceptors (Lipinski definition) is 1. The Kier molecular flexibility index (Phi) is 6.61. The van der Waals surface area contributed by atoms with Crippen LogP contribution in [0.15, 0.2) is 176 Å². The molecule has 0 saturated carbocycles. The van der Waals surface area contributed by atoms with E-state index in [1.54, 1.807) is 0 Å². The average Bonchev–Trinajstić information content (AvgIpc) is 3.06. The van der Waals surface area contributed by atoms with E-state index in [2.05, 4.69) is 181 Å². The molecule has 7 aromatic carbocycles. The predicted octanol–water partition coefficient (Wildman–Crippen LogP) is 11.3. The average molecular weight is 524 g/mol. The molecule has 41 heavy (non-hydrogen) atoms. The Morgan fingerprint density at radius 3 is 1.32 bits per heavy atom. The maximum atomic E-state index is 2.31. The third kappa shape index (κ3) is 5.14. The van der Waals surface area contributed by atoms with Crippen molar-refractivity contribution in [1.29, 1.82) is 0 Å². The van der Waals surface area contributed by atoms with E-state index >= 15 is 0 Å². The van der Waals surface area contributed by atoms with Gasteiger partial charge in [-0.2, -0.15) is 0 Å². The van der Waals surface area contributed by atoms with Crippen LogP contribution in [-0.2, 0) is 0 Å². The topological polar surface area (TPSA) is 3.24 Å². The van der Waals surface area contributed by atoms with E-state index in [0.717, 1.165) is 17.1 Å². The highest BCUT2D eigenvalue weighted by molar-refractivity contribution is 5.88. The molecule has 7 aromatic rings. The highest BCUT2D eigenvalue weighted by Gasteiger charge is 2.13. The fourth-order valence-corrected chi connectivity index (χ4v) is 5.51. The van der Waals surface area contributed by atoms with Crippen molar-refractivity contribution >= 4 is 27.8 Å². The van der Waals surface area contributed by atoms with Gasteiger partial charge in [0.2, 0.25) is 0 Å². The molecule has 0 radical (unpaired) electrons. The molecular formula is C40H29N. The fourth-order valence-electron chi connectivity index (χ4n) is 5.51. The quantitative estimate of drug-likeness (QED) is 0.209. The highest BCUT2D eigenvalue weighted by atomic mass is 15.1. The summed E-state index contributed by atoms with van der Waals surface area (Å²) in [6.07, 6.45) is 0. The van der Waals surface area contributed by atoms with Crippen LogP contribution in [0.2, 0.25) is 0 Å². The molecule has 7 rings (SSSR count). The third-order valence-electron chi connectivity index (χ3n) is 7.65. The molecule has 0 atom stereocenters. The van der Waals surface area contributed by atoms with E-state index in [1.807, 2.05) is 0 Å². The van der Waals surface area contributed by atoms with E-state index < -0.39 is 0 Å². The van der Waals surface area contributed by atoms with Crippen LogP contribution in [0.4, 0.5) is 17.1 Å². The smallest absolute Gasteiger partial charge is 0.0462 e. The first-order chi connectivity index (χ1) is 20.3. The molecule has 0 bridgehead atoms. The second-order valence-electron chi connectivity index (χ2n) is 10.3. The molecule has 0 aliphatic carbocycles. The van der Waals surface area contributed by atoms with Crippen LogP contribution in [-0.4, -0.2) is 0 Å². The van der Waals surface area contributed by atoms with Gasteiger partial charge in [0.25, 0.3) is 0 Å². The lowest BCUT2D eigenvalue weighted by Crippen LogP contribution is -2.09.